The minimum absolute atomic E-state index is 0.140. The van der Waals surface area contributed by atoms with Crippen LogP contribution in [-0.2, 0) is 7.05 Å². The van der Waals surface area contributed by atoms with Crippen molar-refractivity contribution in [1.82, 2.24) is 20.4 Å². The van der Waals surface area contributed by atoms with Crippen LogP contribution in [-0.4, -0.2) is 20.8 Å². The lowest BCUT2D eigenvalue weighted by Gasteiger charge is -1.94. The van der Waals surface area contributed by atoms with Crippen LogP contribution in [0.2, 0.25) is 0 Å². The van der Waals surface area contributed by atoms with E-state index < -0.39 is 5.91 Å². The average molecular weight is 221 g/mol. The monoisotopic (exact) mass is 221 g/mol. The molecule has 84 valence electrons. The van der Waals surface area contributed by atoms with Gasteiger partial charge in [-0.15, -0.1) is 0 Å². The molecule has 0 atom stereocenters. The van der Waals surface area contributed by atoms with E-state index >= 15 is 0 Å². The predicted molar refractivity (Wildman–Crippen MR) is 55.1 cm³/mol. The van der Waals surface area contributed by atoms with Gasteiger partial charge in [0.05, 0.1) is 11.8 Å². The Morgan fingerprint density at radius 2 is 2.38 bits per heavy atom. The summed E-state index contributed by atoms with van der Waals surface area (Å²) in [6.45, 7) is 1.90. The molecule has 16 heavy (non-hydrogen) atoms. The van der Waals surface area contributed by atoms with Crippen LogP contribution in [0.1, 0.15) is 16.2 Å². The van der Waals surface area contributed by atoms with Gasteiger partial charge in [0.25, 0.3) is 5.91 Å². The Labute approximate surface area is 91.2 Å². The van der Waals surface area contributed by atoms with Crippen molar-refractivity contribution in [2.24, 2.45) is 12.9 Å². The van der Waals surface area contributed by atoms with Gasteiger partial charge in [0.2, 0.25) is 0 Å². The first-order valence-electron chi connectivity index (χ1n) is 4.60. The lowest BCUT2D eigenvalue weighted by atomic mass is 10.2. The predicted octanol–water partition coefficient (Wildman–Crippen LogP) is -0.0130. The lowest BCUT2D eigenvalue weighted by Crippen LogP contribution is -2.30. The fourth-order valence-electron chi connectivity index (χ4n) is 1.32. The van der Waals surface area contributed by atoms with Gasteiger partial charge >= 0.3 is 0 Å². The summed E-state index contributed by atoms with van der Waals surface area (Å²) in [6, 6.07) is 1.52. The molecular formula is C9H11N5O2. The summed E-state index contributed by atoms with van der Waals surface area (Å²) in [4.78, 5) is 11.2. The topological polar surface area (TPSA) is 99.0 Å². The highest BCUT2D eigenvalue weighted by Crippen LogP contribution is 2.23. The number of nitrogens with one attached hydrogen (secondary N) is 1. The molecule has 1 amide bonds. The van der Waals surface area contributed by atoms with Crippen molar-refractivity contribution in [1.29, 1.82) is 0 Å². The van der Waals surface area contributed by atoms with Crippen LogP contribution in [0, 0.1) is 6.92 Å². The van der Waals surface area contributed by atoms with Gasteiger partial charge in [-0.25, -0.2) is 5.84 Å². The van der Waals surface area contributed by atoms with Crippen molar-refractivity contribution < 1.29 is 9.32 Å². The van der Waals surface area contributed by atoms with Crippen molar-refractivity contribution in [3.05, 3.63) is 23.7 Å². The maximum atomic E-state index is 11.2. The molecule has 0 aliphatic heterocycles. The van der Waals surface area contributed by atoms with E-state index in [2.05, 4.69) is 10.3 Å². The highest BCUT2D eigenvalue weighted by atomic mass is 16.5. The molecule has 0 saturated carbocycles. The van der Waals surface area contributed by atoms with E-state index in [1.54, 1.807) is 10.9 Å². The number of aromatic nitrogens is 3. The fraction of sp³-hybridized carbons (Fsp3) is 0.222. The highest BCUT2D eigenvalue weighted by molar-refractivity contribution is 5.92. The number of nitrogen functional groups attached to an aromatic ring is 1. The zero-order valence-electron chi connectivity index (χ0n) is 8.89. The van der Waals surface area contributed by atoms with E-state index in [0.29, 0.717) is 5.76 Å². The Morgan fingerprint density at radius 1 is 1.62 bits per heavy atom. The Morgan fingerprint density at radius 3 is 2.94 bits per heavy atom. The maximum absolute atomic E-state index is 11.2. The summed E-state index contributed by atoms with van der Waals surface area (Å²) in [5.41, 5.74) is 3.85. The molecule has 2 heterocycles. The third kappa shape index (κ3) is 1.57. The molecule has 0 spiro atoms. The zero-order valence-corrected chi connectivity index (χ0v) is 8.89. The van der Waals surface area contributed by atoms with Crippen molar-refractivity contribution in [2.75, 3.05) is 0 Å². The van der Waals surface area contributed by atoms with Gasteiger partial charge in [-0.2, -0.15) is 5.10 Å². The molecular weight excluding hydrogens is 210 g/mol. The number of hydrogen-bond acceptors (Lipinski definition) is 5. The van der Waals surface area contributed by atoms with Crippen LogP contribution >= 0.6 is 0 Å². The molecule has 0 bridgehead atoms. The highest BCUT2D eigenvalue weighted by Gasteiger charge is 2.15. The molecule has 3 N–H and O–H groups in total. The summed E-state index contributed by atoms with van der Waals surface area (Å²) in [7, 11) is 1.82. The molecule has 2 rings (SSSR count). The van der Waals surface area contributed by atoms with Crippen LogP contribution in [0.5, 0.6) is 0 Å². The Balaban J connectivity index is 2.39. The van der Waals surface area contributed by atoms with Gasteiger partial charge < -0.3 is 4.52 Å². The third-order valence-corrected chi connectivity index (χ3v) is 2.37. The molecule has 2 aromatic rings. The number of nitrogens with zero attached hydrogens (tertiary/aromatic N) is 3. The van der Waals surface area contributed by atoms with Gasteiger partial charge in [0.15, 0.2) is 11.5 Å². The van der Waals surface area contributed by atoms with E-state index in [1.807, 2.05) is 19.4 Å². The van der Waals surface area contributed by atoms with E-state index in [1.165, 1.54) is 6.07 Å². The Kier molecular flexibility index (Phi) is 2.45. The van der Waals surface area contributed by atoms with Gasteiger partial charge in [0, 0.05) is 18.8 Å². The first-order valence-corrected chi connectivity index (χ1v) is 4.60. The molecule has 0 aliphatic carbocycles. The smallest absolute Gasteiger partial charge is 0.287 e. The number of hydrogen-bond donors (Lipinski definition) is 2. The van der Waals surface area contributed by atoms with Crippen LogP contribution in [0.4, 0.5) is 0 Å². The quantitative estimate of drug-likeness (QED) is 0.422. The van der Waals surface area contributed by atoms with Crippen molar-refractivity contribution in [3.63, 3.8) is 0 Å². The number of aryl methyl sites for hydroxylation is 1. The van der Waals surface area contributed by atoms with Crippen LogP contribution in [0.25, 0.3) is 11.3 Å². The van der Waals surface area contributed by atoms with Crippen LogP contribution in [0.15, 0.2) is 16.8 Å². The molecule has 0 aromatic carbocycles. The largest absolute Gasteiger partial charge is 0.355 e. The number of amides is 1. The van der Waals surface area contributed by atoms with Gasteiger partial charge in [0.1, 0.15) is 0 Å². The molecule has 0 aliphatic rings. The van der Waals surface area contributed by atoms with Crippen molar-refractivity contribution >= 4 is 5.91 Å². The van der Waals surface area contributed by atoms with Crippen LogP contribution < -0.4 is 11.3 Å². The summed E-state index contributed by atoms with van der Waals surface area (Å²) < 4.78 is 6.76. The Bertz CT molecular complexity index is 528. The normalized spacial score (nSPS) is 10.4. The third-order valence-electron chi connectivity index (χ3n) is 2.37. The average Bonchev–Trinajstić information content (AvgIpc) is 2.87. The van der Waals surface area contributed by atoms with E-state index in [-0.39, 0.29) is 5.69 Å². The lowest BCUT2D eigenvalue weighted by molar-refractivity contribution is 0.0944. The molecule has 0 unspecified atom stereocenters. The second-order valence-electron chi connectivity index (χ2n) is 3.32. The maximum Gasteiger partial charge on any atom is 0.287 e. The molecule has 7 heteroatoms. The van der Waals surface area contributed by atoms with Crippen molar-refractivity contribution in [2.45, 2.75) is 6.92 Å². The molecule has 7 nitrogen and oxygen atoms in total. The SMILES string of the molecule is Cc1c(-c2cc(C(=O)NN)no2)cnn1C. The number of carbonyl (C=O) groups is 1. The number of rotatable bonds is 2. The molecule has 0 saturated heterocycles. The van der Waals surface area contributed by atoms with E-state index in [9.17, 15) is 4.79 Å². The molecule has 0 fully saturated rings. The van der Waals surface area contributed by atoms with Gasteiger partial charge in [-0.3, -0.25) is 14.9 Å². The van der Waals surface area contributed by atoms with E-state index in [0.717, 1.165) is 11.3 Å². The zero-order chi connectivity index (χ0) is 11.7. The number of hydrazine groups is 1. The van der Waals surface area contributed by atoms with Crippen molar-refractivity contribution in [3.8, 4) is 11.3 Å². The van der Waals surface area contributed by atoms with Gasteiger partial charge in [-0.1, -0.05) is 5.16 Å². The minimum atomic E-state index is -0.489. The number of carbonyl (C=O) groups excluding carboxylic acids is 1. The first kappa shape index (κ1) is 10.4. The fourth-order valence-corrected chi connectivity index (χ4v) is 1.32. The summed E-state index contributed by atoms with van der Waals surface area (Å²) in [6.07, 6.45) is 1.65. The summed E-state index contributed by atoms with van der Waals surface area (Å²) in [5, 5.41) is 7.68. The van der Waals surface area contributed by atoms with E-state index in [4.69, 9.17) is 10.4 Å². The summed E-state index contributed by atoms with van der Waals surface area (Å²) >= 11 is 0. The standard InChI is InChI=1S/C9H11N5O2/c1-5-6(4-11-14(5)2)8-3-7(13-16-8)9(15)12-10/h3-4H,10H2,1-2H3,(H,12,15). The number of nitrogens with two attached hydrogens (primary N) is 1. The van der Waals surface area contributed by atoms with Crippen LogP contribution in [0.3, 0.4) is 0 Å². The van der Waals surface area contributed by atoms with Gasteiger partial charge in [-0.05, 0) is 6.92 Å². The minimum Gasteiger partial charge on any atom is -0.355 e. The molecule has 0 radical (unpaired) electrons. The first-order chi connectivity index (χ1) is 7.63. The summed E-state index contributed by atoms with van der Waals surface area (Å²) in [5.74, 6) is 4.99. The second kappa shape index (κ2) is 3.78. The molecule has 2 aromatic heterocycles. The Hall–Kier alpha value is -2.15. The second-order valence-corrected chi connectivity index (χ2v) is 3.32.